The molecule has 80 valence electrons. The van der Waals surface area contributed by atoms with E-state index in [9.17, 15) is 0 Å². The summed E-state index contributed by atoms with van der Waals surface area (Å²) < 4.78 is 1.91. The van der Waals surface area contributed by atoms with Crippen molar-refractivity contribution < 1.29 is 0 Å². The lowest BCUT2D eigenvalue weighted by Crippen LogP contribution is -2.18. The largest absolute Gasteiger partial charge is 0.312 e. The van der Waals surface area contributed by atoms with Crippen molar-refractivity contribution in [2.75, 3.05) is 6.54 Å². The van der Waals surface area contributed by atoms with Gasteiger partial charge in [-0.15, -0.1) is 0 Å². The zero-order valence-electron chi connectivity index (χ0n) is 9.27. The standard InChI is InChI=1S/C12H17N3/c1-10(2)7-13-8-11-9-14-15-6-4-3-5-12(11)15/h3-6,9-10,13H,7-8H2,1-2H3. The molecule has 0 spiro atoms. The Kier molecular flexibility index (Phi) is 3.02. The van der Waals surface area contributed by atoms with Crippen LogP contribution >= 0.6 is 0 Å². The molecule has 2 rings (SSSR count). The first-order valence-electron chi connectivity index (χ1n) is 5.39. The molecule has 0 fully saturated rings. The summed E-state index contributed by atoms with van der Waals surface area (Å²) in [5, 5.41) is 7.72. The van der Waals surface area contributed by atoms with Crippen LogP contribution in [0.15, 0.2) is 30.6 Å². The van der Waals surface area contributed by atoms with Crippen LogP contribution in [-0.4, -0.2) is 16.2 Å². The molecular formula is C12H17N3. The molecule has 15 heavy (non-hydrogen) atoms. The van der Waals surface area contributed by atoms with E-state index in [1.807, 2.05) is 29.0 Å². The number of fused-ring (bicyclic) bond motifs is 1. The van der Waals surface area contributed by atoms with Gasteiger partial charge in [-0.1, -0.05) is 19.9 Å². The second-order valence-electron chi connectivity index (χ2n) is 4.23. The fourth-order valence-electron chi connectivity index (χ4n) is 1.62. The van der Waals surface area contributed by atoms with Gasteiger partial charge in [0.05, 0.1) is 11.7 Å². The van der Waals surface area contributed by atoms with Crippen molar-refractivity contribution in [3.05, 3.63) is 36.2 Å². The molecule has 0 unspecified atom stereocenters. The predicted octanol–water partition coefficient (Wildman–Crippen LogP) is 2.08. The highest BCUT2D eigenvalue weighted by molar-refractivity contribution is 5.53. The quantitative estimate of drug-likeness (QED) is 0.824. The maximum absolute atomic E-state index is 4.29. The Bertz CT molecular complexity index is 431. The van der Waals surface area contributed by atoms with Gasteiger partial charge in [0.15, 0.2) is 0 Å². The zero-order valence-corrected chi connectivity index (χ0v) is 9.27. The minimum absolute atomic E-state index is 0.687. The molecule has 2 aromatic rings. The lowest BCUT2D eigenvalue weighted by molar-refractivity contribution is 0.553. The molecule has 0 radical (unpaired) electrons. The van der Waals surface area contributed by atoms with Crippen molar-refractivity contribution in [1.29, 1.82) is 0 Å². The van der Waals surface area contributed by atoms with Crippen molar-refractivity contribution in [2.45, 2.75) is 20.4 Å². The molecule has 3 nitrogen and oxygen atoms in total. The van der Waals surface area contributed by atoms with E-state index >= 15 is 0 Å². The summed E-state index contributed by atoms with van der Waals surface area (Å²) in [5.41, 5.74) is 2.45. The van der Waals surface area contributed by atoms with Crippen molar-refractivity contribution in [3.63, 3.8) is 0 Å². The van der Waals surface area contributed by atoms with Crippen molar-refractivity contribution in [3.8, 4) is 0 Å². The summed E-state index contributed by atoms with van der Waals surface area (Å²) >= 11 is 0. The fraction of sp³-hybridized carbons (Fsp3) is 0.417. The van der Waals surface area contributed by atoms with E-state index in [1.165, 1.54) is 11.1 Å². The van der Waals surface area contributed by atoms with Crippen LogP contribution < -0.4 is 5.32 Å². The molecule has 0 aliphatic carbocycles. The third kappa shape index (κ3) is 2.36. The Labute approximate surface area is 90.1 Å². The fourth-order valence-corrected chi connectivity index (χ4v) is 1.62. The molecule has 3 heteroatoms. The molecule has 0 bridgehead atoms. The summed E-state index contributed by atoms with van der Waals surface area (Å²) in [4.78, 5) is 0. The van der Waals surface area contributed by atoms with Crippen LogP contribution in [0.25, 0.3) is 5.52 Å². The summed E-state index contributed by atoms with van der Waals surface area (Å²) in [6.07, 6.45) is 3.91. The second-order valence-corrected chi connectivity index (χ2v) is 4.23. The Balaban J connectivity index is 2.08. The Morgan fingerprint density at radius 2 is 2.27 bits per heavy atom. The topological polar surface area (TPSA) is 29.3 Å². The van der Waals surface area contributed by atoms with Crippen LogP contribution in [0.4, 0.5) is 0 Å². The zero-order chi connectivity index (χ0) is 10.7. The summed E-state index contributed by atoms with van der Waals surface area (Å²) in [5.74, 6) is 0.687. The Hall–Kier alpha value is -1.35. The van der Waals surface area contributed by atoms with E-state index in [2.05, 4.69) is 30.3 Å². The van der Waals surface area contributed by atoms with Crippen molar-refractivity contribution in [2.24, 2.45) is 5.92 Å². The van der Waals surface area contributed by atoms with Crippen LogP contribution in [-0.2, 0) is 6.54 Å². The van der Waals surface area contributed by atoms with Crippen LogP contribution in [0.3, 0.4) is 0 Å². The monoisotopic (exact) mass is 203 g/mol. The number of nitrogens with one attached hydrogen (secondary N) is 1. The maximum atomic E-state index is 4.29. The van der Waals surface area contributed by atoms with Gasteiger partial charge in [0.1, 0.15) is 0 Å². The highest BCUT2D eigenvalue weighted by Crippen LogP contribution is 2.09. The van der Waals surface area contributed by atoms with Gasteiger partial charge >= 0.3 is 0 Å². The van der Waals surface area contributed by atoms with Gasteiger partial charge in [-0.2, -0.15) is 5.10 Å². The van der Waals surface area contributed by atoms with E-state index in [-0.39, 0.29) is 0 Å². The van der Waals surface area contributed by atoms with E-state index in [4.69, 9.17) is 0 Å². The van der Waals surface area contributed by atoms with Crippen molar-refractivity contribution in [1.82, 2.24) is 14.9 Å². The molecule has 0 saturated carbocycles. The van der Waals surface area contributed by atoms with Gasteiger partial charge in [-0.25, -0.2) is 4.52 Å². The van der Waals surface area contributed by atoms with Crippen molar-refractivity contribution >= 4 is 5.52 Å². The number of hydrogen-bond donors (Lipinski definition) is 1. The van der Waals surface area contributed by atoms with E-state index in [1.54, 1.807) is 0 Å². The van der Waals surface area contributed by atoms with E-state index in [0.29, 0.717) is 5.92 Å². The highest BCUT2D eigenvalue weighted by Gasteiger charge is 2.02. The molecule has 0 amide bonds. The van der Waals surface area contributed by atoms with Gasteiger partial charge in [-0.3, -0.25) is 0 Å². The average molecular weight is 203 g/mol. The van der Waals surface area contributed by atoms with E-state index in [0.717, 1.165) is 13.1 Å². The van der Waals surface area contributed by atoms with Gasteiger partial charge < -0.3 is 5.32 Å². The smallest absolute Gasteiger partial charge is 0.0706 e. The number of aromatic nitrogens is 2. The third-order valence-corrected chi connectivity index (χ3v) is 2.37. The van der Waals surface area contributed by atoms with Gasteiger partial charge in [-0.05, 0) is 24.6 Å². The lowest BCUT2D eigenvalue weighted by atomic mass is 10.2. The molecule has 0 saturated heterocycles. The molecule has 0 atom stereocenters. The first-order valence-corrected chi connectivity index (χ1v) is 5.39. The first kappa shape index (κ1) is 10.2. The Morgan fingerprint density at radius 3 is 3.07 bits per heavy atom. The molecule has 2 heterocycles. The molecule has 2 aromatic heterocycles. The number of nitrogens with zero attached hydrogens (tertiary/aromatic N) is 2. The van der Waals surface area contributed by atoms with Gasteiger partial charge in [0.2, 0.25) is 0 Å². The minimum atomic E-state index is 0.687. The summed E-state index contributed by atoms with van der Waals surface area (Å²) in [6, 6.07) is 6.13. The second kappa shape index (κ2) is 4.45. The predicted molar refractivity (Wildman–Crippen MR) is 61.7 cm³/mol. The number of pyridine rings is 1. The third-order valence-electron chi connectivity index (χ3n) is 2.37. The van der Waals surface area contributed by atoms with Crippen LogP contribution in [0.1, 0.15) is 19.4 Å². The SMILES string of the molecule is CC(C)CNCc1cnn2ccccc12. The normalized spacial score (nSPS) is 11.4. The summed E-state index contributed by atoms with van der Waals surface area (Å²) in [7, 11) is 0. The summed E-state index contributed by atoms with van der Waals surface area (Å²) in [6.45, 7) is 6.36. The van der Waals surface area contributed by atoms with Crippen LogP contribution in [0, 0.1) is 5.92 Å². The molecular weight excluding hydrogens is 186 g/mol. The maximum Gasteiger partial charge on any atom is 0.0706 e. The van der Waals surface area contributed by atoms with Gasteiger partial charge in [0, 0.05) is 18.3 Å². The van der Waals surface area contributed by atoms with Crippen LogP contribution in [0.5, 0.6) is 0 Å². The molecule has 1 N–H and O–H groups in total. The Morgan fingerprint density at radius 1 is 1.40 bits per heavy atom. The first-order chi connectivity index (χ1) is 7.27. The molecule has 0 aliphatic heterocycles. The number of hydrogen-bond acceptors (Lipinski definition) is 2. The van der Waals surface area contributed by atoms with E-state index < -0.39 is 0 Å². The highest BCUT2D eigenvalue weighted by atomic mass is 15.2. The van der Waals surface area contributed by atoms with Gasteiger partial charge in [0.25, 0.3) is 0 Å². The molecule has 0 aliphatic rings. The molecule has 0 aromatic carbocycles. The minimum Gasteiger partial charge on any atom is -0.312 e. The lowest BCUT2D eigenvalue weighted by Gasteiger charge is -2.05. The average Bonchev–Trinajstić information content (AvgIpc) is 2.62. The van der Waals surface area contributed by atoms with Crippen LogP contribution in [0.2, 0.25) is 0 Å². The number of rotatable bonds is 4.